The molecule has 3 heterocycles. The van der Waals surface area contributed by atoms with Gasteiger partial charge in [-0.15, -0.1) is 10.2 Å². The molecular weight excluding hydrogens is 392 g/mol. The van der Waals surface area contributed by atoms with Crippen LogP contribution in [-0.2, 0) is 0 Å². The quantitative estimate of drug-likeness (QED) is 0.621. The van der Waals surface area contributed by atoms with E-state index in [1.807, 2.05) is 0 Å². The van der Waals surface area contributed by atoms with Crippen LogP contribution in [0.15, 0.2) is 24.7 Å². The van der Waals surface area contributed by atoms with Crippen molar-refractivity contribution in [1.82, 2.24) is 24.6 Å². The highest BCUT2D eigenvalue weighted by Gasteiger charge is 2.60. The van der Waals surface area contributed by atoms with Crippen LogP contribution >= 0.6 is 0 Å². The molecule has 3 aromatic rings. The zero-order chi connectivity index (χ0) is 20.3. The van der Waals surface area contributed by atoms with Gasteiger partial charge in [0.25, 0.3) is 11.8 Å². The molecular formula is C16H11F6N5O. The van der Waals surface area contributed by atoms with E-state index in [0.717, 1.165) is 19.2 Å². The normalized spacial score (nSPS) is 19.6. The van der Waals surface area contributed by atoms with Gasteiger partial charge in [0.2, 0.25) is 0 Å². The first-order valence-electron chi connectivity index (χ1n) is 8.04. The standard InChI is InChI=1S/C16H11F6N5O/c1-7(16(20,21)22)28-14-10(17)2-8(4-24-14)11-6-27-12(5-23-11)25-26-13(27)9-3-15(9,18)19/h2,4-7,9H,3H2,1H3/t7-,9?/m0/s1. The Morgan fingerprint density at radius 3 is 2.54 bits per heavy atom. The first-order valence-corrected chi connectivity index (χ1v) is 8.04. The molecule has 0 N–H and O–H groups in total. The predicted octanol–water partition coefficient (Wildman–Crippen LogP) is 3.78. The van der Waals surface area contributed by atoms with Crippen LogP contribution in [0.3, 0.4) is 0 Å². The Bertz CT molecular complexity index is 1050. The fourth-order valence-electron chi connectivity index (χ4n) is 2.59. The fourth-order valence-corrected chi connectivity index (χ4v) is 2.59. The van der Waals surface area contributed by atoms with E-state index in [-0.39, 0.29) is 29.1 Å². The number of halogens is 6. The summed E-state index contributed by atoms with van der Waals surface area (Å²) in [6.45, 7) is 0.728. The first-order chi connectivity index (χ1) is 13.1. The summed E-state index contributed by atoms with van der Waals surface area (Å²) in [5.74, 6) is -5.79. The Morgan fingerprint density at radius 1 is 1.21 bits per heavy atom. The van der Waals surface area contributed by atoms with Crippen LogP contribution in [0.25, 0.3) is 16.9 Å². The number of nitrogens with zero attached hydrogens (tertiary/aromatic N) is 5. The maximum atomic E-state index is 14.1. The topological polar surface area (TPSA) is 65.2 Å². The van der Waals surface area contributed by atoms with Crippen LogP contribution in [-0.4, -0.2) is 42.8 Å². The van der Waals surface area contributed by atoms with E-state index in [4.69, 9.17) is 0 Å². The molecule has 12 heteroatoms. The minimum Gasteiger partial charge on any atom is -0.463 e. The predicted molar refractivity (Wildman–Crippen MR) is 82.4 cm³/mol. The van der Waals surface area contributed by atoms with Gasteiger partial charge in [-0.2, -0.15) is 13.2 Å². The summed E-state index contributed by atoms with van der Waals surface area (Å²) in [4.78, 5) is 7.61. The van der Waals surface area contributed by atoms with Crippen molar-refractivity contribution >= 4 is 5.65 Å². The van der Waals surface area contributed by atoms with Crippen molar-refractivity contribution in [2.75, 3.05) is 0 Å². The van der Waals surface area contributed by atoms with Gasteiger partial charge in [-0.1, -0.05) is 0 Å². The van der Waals surface area contributed by atoms with E-state index in [1.165, 1.54) is 16.8 Å². The van der Waals surface area contributed by atoms with E-state index >= 15 is 0 Å². The maximum Gasteiger partial charge on any atom is 0.425 e. The Labute approximate surface area is 153 Å². The lowest BCUT2D eigenvalue weighted by atomic mass is 10.2. The molecule has 2 atom stereocenters. The van der Waals surface area contributed by atoms with Gasteiger partial charge in [-0.05, 0) is 13.0 Å². The van der Waals surface area contributed by atoms with Crippen molar-refractivity contribution in [3.05, 3.63) is 36.3 Å². The molecule has 0 spiro atoms. The monoisotopic (exact) mass is 403 g/mol. The lowest BCUT2D eigenvalue weighted by Crippen LogP contribution is -2.31. The molecule has 0 aromatic carbocycles. The first kappa shape index (κ1) is 18.4. The molecule has 1 aliphatic carbocycles. The molecule has 0 saturated heterocycles. The Kier molecular flexibility index (Phi) is 3.98. The zero-order valence-electron chi connectivity index (χ0n) is 14.1. The molecule has 3 aromatic heterocycles. The van der Waals surface area contributed by atoms with Gasteiger partial charge in [-0.25, -0.2) is 18.2 Å². The third-order valence-electron chi connectivity index (χ3n) is 4.31. The molecule has 148 valence electrons. The van der Waals surface area contributed by atoms with Gasteiger partial charge in [0, 0.05) is 24.4 Å². The van der Waals surface area contributed by atoms with E-state index < -0.39 is 35.8 Å². The molecule has 0 radical (unpaired) electrons. The summed E-state index contributed by atoms with van der Waals surface area (Å²) in [6.07, 6.45) is -3.57. The number of hydrogen-bond acceptors (Lipinski definition) is 5. The van der Waals surface area contributed by atoms with E-state index in [9.17, 15) is 26.3 Å². The molecule has 0 aliphatic heterocycles. The van der Waals surface area contributed by atoms with Crippen molar-refractivity contribution in [1.29, 1.82) is 0 Å². The van der Waals surface area contributed by atoms with Gasteiger partial charge in [0.05, 0.1) is 17.8 Å². The second-order valence-electron chi connectivity index (χ2n) is 6.39. The van der Waals surface area contributed by atoms with Crippen molar-refractivity contribution in [3.63, 3.8) is 0 Å². The molecule has 1 fully saturated rings. The van der Waals surface area contributed by atoms with E-state index in [2.05, 4.69) is 24.9 Å². The third-order valence-corrected chi connectivity index (χ3v) is 4.31. The largest absolute Gasteiger partial charge is 0.463 e. The maximum absolute atomic E-state index is 14.1. The van der Waals surface area contributed by atoms with Crippen LogP contribution < -0.4 is 4.74 Å². The average Bonchev–Trinajstić information content (AvgIpc) is 3.06. The summed E-state index contributed by atoms with van der Waals surface area (Å²) in [5, 5.41) is 7.52. The minimum absolute atomic E-state index is 0.0519. The Morgan fingerprint density at radius 2 is 1.93 bits per heavy atom. The molecule has 1 saturated carbocycles. The van der Waals surface area contributed by atoms with Crippen molar-refractivity contribution in [2.24, 2.45) is 0 Å². The van der Waals surface area contributed by atoms with Gasteiger partial charge in [0.1, 0.15) is 5.82 Å². The number of rotatable bonds is 4. The van der Waals surface area contributed by atoms with Crippen LogP contribution in [0.4, 0.5) is 26.3 Å². The smallest absolute Gasteiger partial charge is 0.425 e. The summed E-state index contributed by atoms with van der Waals surface area (Å²) in [7, 11) is 0. The van der Waals surface area contributed by atoms with Gasteiger partial charge in [-0.3, -0.25) is 9.38 Å². The number of pyridine rings is 1. The number of hydrogen-bond donors (Lipinski definition) is 0. The highest BCUT2D eigenvalue weighted by molar-refractivity contribution is 5.59. The van der Waals surface area contributed by atoms with Crippen molar-refractivity contribution < 1.29 is 31.1 Å². The Balaban J connectivity index is 1.65. The molecule has 6 nitrogen and oxygen atoms in total. The van der Waals surface area contributed by atoms with Crippen molar-refractivity contribution in [3.8, 4) is 17.1 Å². The Hall–Kier alpha value is -2.92. The number of aromatic nitrogens is 5. The highest BCUT2D eigenvalue weighted by atomic mass is 19.4. The highest BCUT2D eigenvalue weighted by Crippen LogP contribution is 2.55. The lowest BCUT2D eigenvalue weighted by molar-refractivity contribution is -0.190. The minimum atomic E-state index is -4.67. The number of ether oxygens (including phenoxy) is 1. The lowest BCUT2D eigenvalue weighted by Gasteiger charge is -2.17. The van der Waals surface area contributed by atoms with Gasteiger partial charge >= 0.3 is 6.18 Å². The molecule has 4 rings (SSSR count). The molecule has 0 amide bonds. The molecule has 0 bridgehead atoms. The number of alkyl halides is 5. The summed E-state index contributed by atoms with van der Waals surface area (Å²) < 4.78 is 84.3. The SMILES string of the molecule is C[C@H](Oc1ncc(-c2cn3c(C4CC4(F)F)nnc3cn2)cc1F)C(F)(F)F. The summed E-state index contributed by atoms with van der Waals surface area (Å²) >= 11 is 0. The molecule has 1 aliphatic rings. The molecule has 1 unspecified atom stereocenters. The van der Waals surface area contributed by atoms with Crippen molar-refractivity contribution in [2.45, 2.75) is 37.5 Å². The summed E-state index contributed by atoms with van der Waals surface area (Å²) in [6, 6.07) is 0.898. The second-order valence-corrected chi connectivity index (χ2v) is 6.39. The van der Waals surface area contributed by atoms with E-state index in [0.29, 0.717) is 0 Å². The number of fused-ring (bicyclic) bond motifs is 1. The second kappa shape index (κ2) is 6.04. The van der Waals surface area contributed by atoms with Crippen LogP contribution in [0.1, 0.15) is 25.1 Å². The third kappa shape index (κ3) is 3.22. The van der Waals surface area contributed by atoms with Crippen LogP contribution in [0.2, 0.25) is 0 Å². The average molecular weight is 403 g/mol. The summed E-state index contributed by atoms with van der Waals surface area (Å²) in [5.41, 5.74) is 0.502. The van der Waals surface area contributed by atoms with Gasteiger partial charge < -0.3 is 4.74 Å². The van der Waals surface area contributed by atoms with Crippen LogP contribution in [0, 0.1) is 5.82 Å². The fraction of sp³-hybridized carbons (Fsp3) is 0.375. The van der Waals surface area contributed by atoms with Gasteiger partial charge in [0.15, 0.2) is 17.6 Å². The van der Waals surface area contributed by atoms with E-state index in [1.54, 1.807) is 0 Å². The zero-order valence-corrected chi connectivity index (χ0v) is 14.1. The van der Waals surface area contributed by atoms with Crippen LogP contribution in [0.5, 0.6) is 5.88 Å². The molecule has 28 heavy (non-hydrogen) atoms.